The van der Waals surface area contributed by atoms with Crippen LogP contribution in [0.5, 0.6) is 0 Å². The first kappa shape index (κ1) is 13.4. The second-order valence-electron chi connectivity index (χ2n) is 3.88. The van der Waals surface area contributed by atoms with Crippen LogP contribution in [0, 0.1) is 0 Å². The summed E-state index contributed by atoms with van der Waals surface area (Å²) in [4.78, 5) is 15.8. The molecule has 0 fully saturated rings. The Labute approximate surface area is 119 Å². The SMILES string of the molecule is CC(=NNC(=O)c1ccc(Br)cc1)c1ccncc1. The Bertz CT molecular complexity index is 594. The summed E-state index contributed by atoms with van der Waals surface area (Å²) in [6, 6.07) is 10.8. The van der Waals surface area contributed by atoms with Gasteiger partial charge >= 0.3 is 0 Å². The largest absolute Gasteiger partial charge is 0.271 e. The minimum absolute atomic E-state index is 0.235. The summed E-state index contributed by atoms with van der Waals surface area (Å²) in [5, 5.41) is 4.07. The van der Waals surface area contributed by atoms with Gasteiger partial charge in [-0.3, -0.25) is 9.78 Å². The van der Waals surface area contributed by atoms with Gasteiger partial charge in [0, 0.05) is 28.0 Å². The van der Waals surface area contributed by atoms with Crippen molar-refractivity contribution in [3.05, 3.63) is 64.4 Å². The average Bonchev–Trinajstić information content (AvgIpc) is 2.46. The number of hydrazone groups is 1. The molecule has 0 bridgehead atoms. The number of aromatic nitrogens is 1. The molecule has 1 N–H and O–H groups in total. The number of rotatable bonds is 3. The third-order valence-corrected chi connectivity index (χ3v) is 3.06. The van der Waals surface area contributed by atoms with E-state index < -0.39 is 0 Å². The topological polar surface area (TPSA) is 54.4 Å². The van der Waals surface area contributed by atoms with Crippen molar-refractivity contribution in [1.29, 1.82) is 0 Å². The third kappa shape index (κ3) is 3.72. The van der Waals surface area contributed by atoms with E-state index in [1.54, 1.807) is 24.5 Å². The predicted octanol–water partition coefficient (Wildman–Crippen LogP) is 3.00. The summed E-state index contributed by atoms with van der Waals surface area (Å²) in [7, 11) is 0. The number of benzene rings is 1. The molecule has 2 aromatic rings. The molecule has 0 saturated heterocycles. The summed E-state index contributed by atoms with van der Waals surface area (Å²) >= 11 is 3.32. The standard InChI is InChI=1S/C14H12BrN3O/c1-10(11-6-8-16-9-7-11)17-18-14(19)12-2-4-13(15)5-3-12/h2-9H,1H3,(H,18,19). The Balaban J connectivity index is 2.06. The van der Waals surface area contributed by atoms with Gasteiger partial charge in [0.15, 0.2) is 0 Å². The highest BCUT2D eigenvalue weighted by atomic mass is 79.9. The van der Waals surface area contributed by atoms with E-state index in [2.05, 4.69) is 31.4 Å². The van der Waals surface area contributed by atoms with Gasteiger partial charge in [0.2, 0.25) is 0 Å². The van der Waals surface area contributed by atoms with Crippen molar-refractivity contribution in [2.45, 2.75) is 6.92 Å². The number of carbonyl (C=O) groups excluding carboxylic acids is 1. The molecule has 96 valence electrons. The van der Waals surface area contributed by atoms with Gasteiger partial charge in [-0.25, -0.2) is 5.43 Å². The molecule has 1 aromatic heterocycles. The van der Waals surface area contributed by atoms with Crippen LogP contribution in [0.4, 0.5) is 0 Å². The zero-order valence-electron chi connectivity index (χ0n) is 10.3. The Hall–Kier alpha value is -2.01. The van der Waals surface area contributed by atoms with Crippen LogP contribution in [0.25, 0.3) is 0 Å². The molecule has 1 heterocycles. The van der Waals surface area contributed by atoms with Crippen LogP contribution < -0.4 is 5.43 Å². The first-order valence-corrected chi connectivity index (χ1v) is 6.47. The number of nitrogens with zero attached hydrogens (tertiary/aromatic N) is 2. The fraction of sp³-hybridized carbons (Fsp3) is 0.0714. The number of amides is 1. The lowest BCUT2D eigenvalue weighted by molar-refractivity contribution is 0.0955. The highest BCUT2D eigenvalue weighted by Gasteiger charge is 2.04. The molecule has 0 aliphatic carbocycles. The van der Waals surface area contributed by atoms with Crippen LogP contribution in [0.1, 0.15) is 22.8 Å². The lowest BCUT2D eigenvalue weighted by Crippen LogP contribution is -2.19. The van der Waals surface area contributed by atoms with Crippen molar-refractivity contribution in [2.24, 2.45) is 5.10 Å². The maximum Gasteiger partial charge on any atom is 0.271 e. The van der Waals surface area contributed by atoms with E-state index >= 15 is 0 Å². The molecule has 5 heteroatoms. The van der Waals surface area contributed by atoms with Crippen molar-refractivity contribution in [3.63, 3.8) is 0 Å². The highest BCUT2D eigenvalue weighted by molar-refractivity contribution is 9.10. The van der Waals surface area contributed by atoms with Gasteiger partial charge in [0.1, 0.15) is 0 Å². The Morgan fingerprint density at radius 3 is 2.37 bits per heavy atom. The second kappa shape index (κ2) is 6.24. The van der Waals surface area contributed by atoms with Crippen molar-refractivity contribution in [3.8, 4) is 0 Å². The fourth-order valence-electron chi connectivity index (χ4n) is 1.46. The molecule has 4 nitrogen and oxygen atoms in total. The number of hydrogen-bond donors (Lipinski definition) is 1. The number of pyridine rings is 1. The predicted molar refractivity (Wildman–Crippen MR) is 78.1 cm³/mol. The van der Waals surface area contributed by atoms with E-state index in [0.29, 0.717) is 5.56 Å². The van der Waals surface area contributed by atoms with Crippen LogP contribution in [0.15, 0.2) is 58.4 Å². The smallest absolute Gasteiger partial charge is 0.267 e. The quantitative estimate of drug-likeness (QED) is 0.699. The van der Waals surface area contributed by atoms with E-state index in [0.717, 1.165) is 15.7 Å². The van der Waals surface area contributed by atoms with Crippen LogP contribution in [-0.2, 0) is 0 Å². The summed E-state index contributed by atoms with van der Waals surface area (Å²) in [5.74, 6) is -0.235. The van der Waals surface area contributed by atoms with Crippen LogP contribution in [-0.4, -0.2) is 16.6 Å². The number of nitrogens with one attached hydrogen (secondary N) is 1. The minimum atomic E-state index is -0.235. The van der Waals surface area contributed by atoms with Crippen LogP contribution in [0.2, 0.25) is 0 Å². The third-order valence-electron chi connectivity index (χ3n) is 2.53. The molecule has 0 spiro atoms. The van der Waals surface area contributed by atoms with E-state index in [-0.39, 0.29) is 5.91 Å². The molecule has 1 aromatic carbocycles. The van der Waals surface area contributed by atoms with E-state index in [4.69, 9.17) is 0 Å². The normalized spacial score (nSPS) is 11.2. The van der Waals surface area contributed by atoms with Gasteiger partial charge in [-0.2, -0.15) is 5.10 Å². The highest BCUT2D eigenvalue weighted by Crippen LogP contribution is 2.10. The molecule has 0 atom stereocenters. The monoisotopic (exact) mass is 317 g/mol. The van der Waals surface area contributed by atoms with E-state index in [1.165, 1.54) is 0 Å². The Kier molecular flexibility index (Phi) is 4.41. The molecule has 1 amide bonds. The Morgan fingerprint density at radius 2 is 1.74 bits per heavy atom. The lowest BCUT2D eigenvalue weighted by Gasteiger charge is -2.03. The van der Waals surface area contributed by atoms with Gasteiger partial charge in [-0.1, -0.05) is 15.9 Å². The minimum Gasteiger partial charge on any atom is -0.267 e. The molecular formula is C14H12BrN3O. The average molecular weight is 318 g/mol. The van der Waals surface area contributed by atoms with Gasteiger partial charge in [0.05, 0.1) is 5.71 Å². The van der Waals surface area contributed by atoms with Crippen molar-refractivity contribution >= 4 is 27.5 Å². The van der Waals surface area contributed by atoms with Crippen molar-refractivity contribution in [1.82, 2.24) is 10.4 Å². The molecule has 0 aliphatic rings. The van der Waals surface area contributed by atoms with Gasteiger partial charge in [-0.15, -0.1) is 0 Å². The molecule has 0 unspecified atom stereocenters. The lowest BCUT2D eigenvalue weighted by atomic mass is 10.2. The molecular weight excluding hydrogens is 306 g/mol. The van der Waals surface area contributed by atoms with Gasteiger partial charge in [-0.05, 0) is 43.3 Å². The number of hydrogen-bond acceptors (Lipinski definition) is 3. The first-order chi connectivity index (χ1) is 9.16. The maximum atomic E-state index is 11.8. The number of carbonyl (C=O) groups is 1. The summed E-state index contributed by atoms with van der Waals surface area (Å²) < 4.78 is 0.931. The van der Waals surface area contributed by atoms with E-state index in [9.17, 15) is 4.79 Å². The molecule has 0 radical (unpaired) electrons. The van der Waals surface area contributed by atoms with Gasteiger partial charge in [0.25, 0.3) is 5.91 Å². The van der Waals surface area contributed by atoms with Crippen LogP contribution in [0.3, 0.4) is 0 Å². The zero-order chi connectivity index (χ0) is 13.7. The van der Waals surface area contributed by atoms with Crippen molar-refractivity contribution in [2.75, 3.05) is 0 Å². The maximum absolute atomic E-state index is 11.8. The molecule has 0 aliphatic heterocycles. The van der Waals surface area contributed by atoms with Crippen LogP contribution >= 0.6 is 15.9 Å². The van der Waals surface area contributed by atoms with Gasteiger partial charge < -0.3 is 0 Å². The first-order valence-electron chi connectivity index (χ1n) is 5.67. The zero-order valence-corrected chi connectivity index (χ0v) is 11.9. The summed E-state index contributed by atoms with van der Waals surface area (Å²) in [6.07, 6.45) is 3.37. The molecule has 19 heavy (non-hydrogen) atoms. The van der Waals surface area contributed by atoms with Crippen molar-refractivity contribution < 1.29 is 4.79 Å². The number of halogens is 1. The second-order valence-corrected chi connectivity index (χ2v) is 4.80. The summed E-state index contributed by atoms with van der Waals surface area (Å²) in [5.41, 5.74) is 4.75. The molecule has 0 saturated carbocycles. The summed E-state index contributed by atoms with van der Waals surface area (Å²) in [6.45, 7) is 1.83. The fourth-order valence-corrected chi connectivity index (χ4v) is 1.72. The Morgan fingerprint density at radius 1 is 1.11 bits per heavy atom. The molecule has 2 rings (SSSR count). The van der Waals surface area contributed by atoms with E-state index in [1.807, 2.05) is 31.2 Å².